The van der Waals surface area contributed by atoms with E-state index in [9.17, 15) is 9.59 Å². The number of allylic oxidation sites excluding steroid dienone is 1. The first kappa shape index (κ1) is 19.1. The van der Waals surface area contributed by atoms with Crippen molar-refractivity contribution in [1.82, 2.24) is 9.88 Å². The Morgan fingerprint density at radius 1 is 1.26 bits per heavy atom. The fraction of sp³-hybridized carbons (Fsp3) is 0.150. The van der Waals surface area contributed by atoms with Crippen LogP contribution in [0.25, 0.3) is 6.08 Å². The maximum absolute atomic E-state index is 13.0. The number of carbonyl (C=O) groups excluding carboxylic acids is 2. The Morgan fingerprint density at radius 2 is 2.04 bits per heavy atom. The molecular weight excluding hydrogens is 387 g/mol. The van der Waals surface area contributed by atoms with Gasteiger partial charge in [0.25, 0.3) is 5.91 Å². The lowest BCUT2D eigenvalue weighted by Gasteiger charge is -2.17. The molecular formula is C20H16Cl2N2O3. The van der Waals surface area contributed by atoms with Gasteiger partial charge < -0.3 is 9.64 Å². The third-order valence-corrected chi connectivity index (χ3v) is 4.96. The Bertz CT molecular complexity index is 968. The molecule has 1 aromatic carbocycles. The average molecular weight is 403 g/mol. The molecule has 0 spiro atoms. The topological polar surface area (TPSA) is 59.5 Å². The van der Waals surface area contributed by atoms with Crippen LogP contribution in [0.1, 0.15) is 18.1 Å². The van der Waals surface area contributed by atoms with Crippen molar-refractivity contribution in [1.29, 1.82) is 0 Å². The molecule has 0 N–H and O–H groups in total. The molecule has 3 rings (SSSR count). The van der Waals surface area contributed by atoms with Gasteiger partial charge in [-0.25, -0.2) is 4.79 Å². The van der Waals surface area contributed by atoms with Crippen LogP contribution in [0, 0.1) is 0 Å². The van der Waals surface area contributed by atoms with Crippen molar-refractivity contribution >= 4 is 41.2 Å². The molecule has 0 aliphatic carbocycles. The number of nitrogens with zero attached hydrogens (tertiary/aromatic N) is 2. The Balaban J connectivity index is 2.04. The van der Waals surface area contributed by atoms with E-state index in [1.807, 2.05) is 6.07 Å². The van der Waals surface area contributed by atoms with Crippen molar-refractivity contribution in [2.75, 3.05) is 7.11 Å². The van der Waals surface area contributed by atoms with Gasteiger partial charge in [0.2, 0.25) is 0 Å². The molecule has 2 heterocycles. The normalized spacial score (nSPS) is 15.6. The number of benzene rings is 1. The fourth-order valence-electron chi connectivity index (χ4n) is 2.86. The molecule has 0 atom stereocenters. The second kappa shape index (κ2) is 7.94. The average Bonchev–Trinajstić information content (AvgIpc) is 2.89. The molecule has 0 saturated heterocycles. The zero-order valence-electron chi connectivity index (χ0n) is 14.7. The minimum Gasteiger partial charge on any atom is -0.465 e. The summed E-state index contributed by atoms with van der Waals surface area (Å²) in [5, 5.41) is 0.777. The first-order chi connectivity index (χ1) is 12.9. The Hall–Kier alpha value is -2.63. The van der Waals surface area contributed by atoms with Crippen molar-refractivity contribution in [2.45, 2.75) is 13.5 Å². The predicted octanol–water partition coefficient (Wildman–Crippen LogP) is 4.26. The van der Waals surface area contributed by atoms with Crippen molar-refractivity contribution in [3.8, 4) is 0 Å². The first-order valence-electron chi connectivity index (χ1n) is 8.09. The number of halogens is 2. The van der Waals surface area contributed by atoms with Crippen LogP contribution in [0.15, 0.2) is 59.6 Å². The number of aromatic nitrogens is 1. The number of methoxy groups -OCH3 is 1. The molecule has 1 aliphatic heterocycles. The molecule has 138 valence electrons. The Kier molecular flexibility index (Phi) is 5.63. The molecule has 0 fully saturated rings. The van der Waals surface area contributed by atoms with Crippen LogP contribution in [-0.4, -0.2) is 28.9 Å². The van der Waals surface area contributed by atoms with Gasteiger partial charge in [0.1, 0.15) is 0 Å². The molecule has 7 heteroatoms. The van der Waals surface area contributed by atoms with Crippen molar-refractivity contribution in [2.24, 2.45) is 0 Å². The lowest BCUT2D eigenvalue weighted by atomic mass is 10.0. The number of hydrogen-bond donors (Lipinski definition) is 0. The SMILES string of the molecule is COC(=O)C1=C(C)N(Cc2cccnc2)C(=O)/C1=C\c1ccc(Cl)c(Cl)c1. The van der Waals surface area contributed by atoms with Crippen LogP contribution < -0.4 is 0 Å². The monoisotopic (exact) mass is 402 g/mol. The molecule has 1 aliphatic rings. The number of carbonyl (C=O) groups is 2. The van der Waals surface area contributed by atoms with E-state index in [4.69, 9.17) is 27.9 Å². The number of pyridine rings is 1. The molecule has 5 nitrogen and oxygen atoms in total. The van der Waals surface area contributed by atoms with Gasteiger partial charge in [-0.1, -0.05) is 35.3 Å². The van der Waals surface area contributed by atoms with Crippen LogP contribution in [0.4, 0.5) is 0 Å². The van der Waals surface area contributed by atoms with E-state index in [2.05, 4.69) is 4.98 Å². The van der Waals surface area contributed by atoms with Gasteiger partial charge in [0, 0.05) is 18.1 Å². The minimum absolute atomic E-state index is 0.234. The summed E-state index contributed by atoms with van der Waals surface area (Å²) >= 11 is 12.0. The lowest BCUT2D eigenvalue weighted by Crippen LogP contribution is -2.24. The standard InChI is InChI=1S/C20H16Cl2N2O3/c1-12-18(20(26)27-2)15(8-13-5-6-16(21)17(22)9-13)19(25)24(12)11-14-4-3-7-23-10-14/h3-10H,11H2,1-2H3/b15-8-. The number of ether oxygens (including phenoxy) is 1. The van der Waals surface area contributed by atoms with E-state index in [1.54, 1.807) is 49.7 Å². The molecule has 0 radical (unpaired) electrons. The van der Waals surface area contributed by atoms with Gasteiger partial charge in [-0.05, 0) is 42.3 Å². The summed E-state index contributed by atoms with van der Waals surface area (Å²) in [7, 11) is 1.29. The Morgan fingerprint density at radius 3 is 2.67 bits per heavy atom. The zero-order chi connectivity index (χ0) is 19.6. The van der Waals surface area contributed by atoms with Crippen LogP contribution in [0.3, 0.4) is 0 Å². The summed E-state index contributed by atoms with van der Waals surface area (Å²) in [6, 6.07) is 8.66. The van der Waals surface area contributed by atoms with Gasteiger partial charge in [-0.15, -0.1) is 0 Å². The molecule has 0 bridgehead atoms. The second-order valence-electron chi connectivity index (χ2n) is 5.94. The molecule has 1 amide bonds. The first-order valence-corrected chi connectivity index (χ1v) is 8.85. The van der Waals surface area contributed by atoms with Crippen molar-refractivity contribution < 1.29 is 14.3 Å². The highest BCUT2D eigenvalue weighted by molar-refractivity contribution is 6.42. The quantitative estimate of drug-likeness (QED) is 0.566. The highest BCUT2D eigenvalue weighted by Crippen LogP contribution is 2.33. The third-order valence-electron chi connectivity index (χ3n) is 4.22. The highest BCUT2D eigenvalue weighted by atomic mass is 35.5. The zero-order valence-corrected chi connectivity index (χ0v) is 16.2. The highest BCUT2D eigenvalue weighted by Gasteiger charge is 2.37. The Labute approximate surface area is 166 Å². The minimum atomic E-state index is -0.569. The maximum Gasteiger partial charge on any atom is 0.340 e. The number of rotatable bonds is 4. The van der Waals surface area contributed by atoms with Gasteiger partial charge >= 0.3 is 5.97 Å². The van der Waals surface area contributed by atoms with E-state index in [1.165, 1.54) is 12.0 Å². The number of amides is 1. The summed E-state index contributed by atoms with van der Waals surface area (Å²) < 4.78 is 4.89. The molecule has 0 unspecified atom stereocenters. The van der Waals surface area contributed by atoms with Crippen LogP contribution in [0.5, 0.6) is 0 Å². The van der Waals surface area contributed by atoms with Gasteiger partial charge in [0.15, 0.2) is 0 Å². The maximum atomic E-state index is 13.0. The van der Waals surface area contributed by atoms with Crippen LogP contribution in [0.2, 0.25) is 10.0 Å². The third kappa shape index (κ3) is 3.89. The molecule has 0 saturated carbocycles. The summed E-state index contributed by atoms with van der Waals surface area (Å²) in [4.78, 5) is 31.0. The van der Waals surface area contributed by atoms with Crippen molar-refractivity contribution in [3.63, 3.8) is 0 Å². The molecule has 2 aromatic rings. The number of esters is 1. The summed E-state index contributed by atoms with van der Waals surface area (Å²) in [5.41, 5.74) is 2.52. The smallest absolute Gasteiger partial charge is 0.340 e. The molecule has 27 heavy (non-hydrogen) atoms. The summed E-state index contributed by atoms with van der Waals surface area (Å²) in [5.74, 6) is -0.858. The van der Waals surface area contributed by atoms with Crippen LogP contribution in [-0.2, 0) is 20.9 Å². The van der Waals surface area contributed by atoms with Crippen LogP contribution >= 0.6 is 23.2 Å². The predicted molar refractivity (Wildman–Crippen MR) is 104 cm³/mol. The fourth-order valence-corrected chi connectivity index (χ4v) is 3.17. The van der Waals surface area contributed by atoms with E-state index < -0.39 is 5.97 Å². The lowest BCUT2D eigenvalue weighted by molar-refractivity contribution is -0.136. The van der Waals surface area contributed by atoms with E-state index in [-0.39, 0.29) is 17.1 Å². The van der Waals surface area contributed by atoms with Gasteiger partial charge in [0.05, 0.1) is 34.8 Å². The van der Waals surface area contributed by atoms with E-state index >= 15 is 0 Å². The summed E-state index contributed by atoms with van der Waals surface area (Å²) in [6.45, 7) is 2.02. The molecule has 1 aromatic heterocycles. The van der Waals surface area contributed by atoms with Crippen molar-refractivity contribution in [3.05, 3.63) is 80.7 Å². The second-order valence-corrected chi connectivity index (χ2v) is 6.75. The van der Waals surface area contributed by atoms with E-state index in [0.717, 1.165) is 5.56 Å². The van der Waals surface area contributed by atoms with E-state index in [0.29, 0.717) is 27.9 Å². The van der Waals surface area contributed by atoms with Gasteiger partial charge in [-0.2, -0.15) is 0 Å². The largest absolute Gasteiger partial charge is 0.465 e. The summed E-state index contributed by atoms with van der Waals surface area (Å²) in [6.07, 6.45) is 4.95. The van der Waals surface area contributed by atoms with Gasteiger partial charge in [-0.3, -0.25) is 9.78 Å². The number of hydrogen-bond acceptors (Lipinski definition) is 4.